The number of rotatable bonds is 8. The molecule has 0 radical (unpaired) electrons. The van der Waals surface area contributed by atoms with Crippen molar-refractivity contribution >= 4 is 35.5 Å². The smallest absolute Gasteiger partial charge is 0.477 e. The van der Waals surface area contributed by atoms with Gasteiger partial charge in [-0.1, -0.05) is 6.08 Å². The van der Waals surface area contributed by atoms with Crippen LogP contribution in [0.15, 0.2) is 36.0 Å². The fourth-order valence-electron chi connectivity index (χ4n) is 2.91. The van der Waals surface area contributed by atoms with Gasteiger partial charge in [0.05, 0.1) is 10.3 Å². The number of hydrogen-bond donors (Lipinski definition) is 1. The number of amides is 1. The van der Waals surface area contributed by atoms with Gasteiger partial charge in [-0.05, 0) is 37.8 Å². The summed E-state index contributed by atoms with van der Waals surface area (Å²) in [6.07, 6.45) is 1.24. The first kappa shape index (κ1) is 22.2. The van der Waals surface area contributed by atoms with Gasteiger partial charge >= 0.3 is 12.1 Å². The number of ether oxygens (including phenoxy) is 2. The Kier molecular flexibility index (Phi) is 7.21. The van der Waals surface area contributed by atoms with Gasteiger partial charge in [0.1, 0.15) is 24.3 Å². The molecule has 1 N–H and O–H groups in total. The summed E-state index contributed by atoms with van der Waals surface area (Å²) < 4.78 is 10.2. The van der Waals surface area contributed by atoms with Crippen LogP contribution in [0.1, 0.15) is 19.4 Å². The van der Waals surface area contributed by atoms with Crippen molar-refractivity contribution in [2.24, 2.45) is 5.92 Å². The Morgan fingerprint density at radius 1 is 1.38 bits per heavy atom. The lowest BCUT2D eigenvalue weighted by Gasteiger charge is -2.47. The summed E-state index contributed by atoms with van der Waals surface area (Å²) in [7, 11) is 0. The Morgan fingerprint density at radius 2 is 2.00 bits per heavy atom. The molecule has 1 aromatic rings. The van der Waals surface area contributed by atoms with Gasteiger partial charge in [-0.3, -0.25) is 19.8 Å². The Morgan fingerprint density at radius 3 is 2.48 bits per heavy atom. The summed E-state index contributed by atoms with van der Waals surface area (Å²) in [6, 6.07) is 5.49. The summed E-state index contributed by atoms with van der Waals surface area (Å²) >= 11 is 1.28. The van der Waals surface area contributed by atoms with Crippen LogP contribution in [-0.2, 0) is 25.7 Å². The van der Waals surface area contributed by atoms with Crippen LogP contribution >= 0.6 is 11.8 Å². The minimum Gasteiger partial charge on any atom is -0.477 e. The predicted molar refractivity (Wildman–Crippen MR) is 103 cm³/mol. The second-order valence-corrected chi connectivity index (χ2v) is 7.08. The molecule has 1 unspecified atom stereocenters. The molecule has 1 heterocycles. The maximum atomic E-state index is 12.4. The van der Waals surface area contributed by atoms with Crippen LogP contribution in [0.4, 0.5) is 10.5 Å². The van der Waals surface area contributed by atoms with E-state index in [4.69, 9.17) is 9.47 Å². The largest absolute Gasteiger partial charge is 0.508 e. The second-order valence-electron chi connectivity index (χ2n) is 6.12. The number of nitrogens with zero attached hydrogens (tertiary/aromatic N) is 2. The van der Waals surface area contributed by atoms with Gasteiger partial charge in [0, 0.05) is 12.1 Å². The molecule has 29 heavy (non-hydrogen) atoms. The first-order chi connectivity index (χ1) is 13.7. The van der Waals surface area contributed by atoms with Crippen molar-refractivity contribution in [2.45, 2.75) is 31.9 Å². The van der Waals surface area contributed by atoms with Gasteiger partial charge in [-0.2, -0.15) is 0 Å². The van der Waals surface area contributed by atoms with Crippen molar-refractivity contribution in [3.05, 3.63) is 51.7 Å². The van der Waals surface area contributed by atoms with E-state index >= 15 is 0 Å². The molecule has 10 nitrogen and oxygen atoms in total. The number of nitro benzene ring substituents is 1. The predicted octanol–water partition coefficient (Wildman–Crippen LogP) is 2.77. The Labute approximate surface area is 170 Å². The molecular weight excluding hydrogens is 404 g/mol. The highest BCUT2D eigenvalue weighted by Crippen LogP contribution is 2.40. The lowest BCUT2D eigenvalue weighted by atomic mass is 9.91. The zero-order valence-electron chi connectivity index (χ0n) is 15.9. The summed E-state index contributed by atoms with van der Waals surface area (Å²) in [5, 5.41) is 19.4. The van der Waals surface area contributed by atoms with Gasteiger partial charge in [0.15, 0.2) is 0 Å². The number of β-lactam (4-membered cyclic amide) rings is 1. The third-order valence-electron chi connectivity index (χ3n) is 4.37. The van der Waals surface area contributed by atoms with E-state index in [2.05, 4.69) is 0 Å². The molecule has 0 aromatic heterocycles. The molecule has 0 spiro atoms. The van der Waals surface area contributed by atoms with Crippen molar-refractivity contribution in [1.82, 2.24) is 4.90 Å². The minimum atomic E-state index is -1.21. The maximum Gasteiger partial charge on any atom is 0.508 e. The molecule has 11 heteroatoms. The van der Waals surface area contributed by atoms with Crippen molar-refractivity contribution in [3.63, 3.8) is 0 Å². The number of carboxylic acid groups (broad SMARTS) is 1. The maximum absolute atomic E-state index is 12.4. The SMILES string of the molecule is CC=C(C(=O)O)N1C(=O)[C@H](C(C)OC(=O)OCc2ccc([N+](=O)[O-])cc2)[C@H]1SC. The van der Waals surface area contributed by atoms with Crippen LogP contribution in [0.2, 0.25) is 0 Å². The average molecular weight is 424 g/mol. The summed E-state index contributed by atoms with van der Waals surface area (Å²) in [6.45, 7) is 2.91. The number of aliphatic carboxylic acids is 1. The van der Waals surface area contributed by atoms with Crippen LogP contribution < -0.4 is 0 Å². The Balaban J connectivity index is 1.93. The molecule has 1 aliphatic heterocycles. The van der Waals surface area contributed by atoms with E-state index in [9.17, 15) is 29.6 Å². The highest BCUT2D eigenvalue weighted by molar-refractivity contribution is 7.99. The lowest BCUT2D eigenvalue weighted by Crippen LogP contribution is -2.63. The molecule has 1 saturated heterocycles. The zero-order valence-corrected chi connectivity index (χ0v) is 16.8. The van der Waals surface area contributed by atoms with Crippen LogP contribution in [-0.4, -0.2) is 50.7 Å². The average Bonchev–Trinajstić information content (AvgIpc) is 2.67. The normalized spacial score (nSPS) is 19.9. The summed E-state index contributed by atoms with van der Waals surface area (Å²) in [5.74, 6) is -2.36. The minimum absolute atomic E-state index is 0.0806. The van der Waals surface area contributed by atoms with E-state index in [-0.39, 0.29) is 18.0 Å². The summed E-state index contributed by atoms with van der Waals surface area (Å²) in [4.78, 5) is 46.9. The highest BCUT2D eigenvalue weighted by atomic mass is 32.2. The Bertz CT molecular complexity index is 839. The van der Waals surface area contributed by atoms with Crippen LogP contribution in [0, 0.1) is 16.0 Å². The fraction of sp³-hybridized carbons (Fsp3) is 0.389. The Hall–Kier alpha value is -3.08. The molecule has 0 bridgehead atoms. The van der Waals surface area contributed by atoms with Crippen LogP contribution in [0.3, 0.4) is 0 Å². The molecule has 2 rings (SSSR count). The van der Waals surface area contributed by atoms with Crippen molar-refractivity contribution in [2.75, 3.05) is 6.26 Å². The number of hydrogen-bond acceptors (Lipinski definition) is 8. The number of non-ortho nitro benzene ring substituents is 1. The van der Waals surface area contributed by atoms with Gasteiger partial charge in [0.25, 0.3) is 5.69 Å². The number of likely N-dealkylation sites (tertiary alicyclic amines) is 1. The number of nitro groups is 1. The quantitative estimate of drug-likeness (QED) is 0.219. The van der Waals surface area contributed by atoms with Crippen molar-refractivity contribution in [3.8, 4) is 0 Å². The van der Waals surface area contributed by atoms with E-state index in [1.165, 1.54) is 60.9 Å². The van der Waals surface area contributed by atoms with Crippen molar-refractivity contribution < 1.29 is 33.9 Å². The molecule has 1 aliphatic rings. The van der Waals surface area contributed by atoms with E-state index in [1.807, 2.05) is 0 Å². The van der Waals surface area contributed by atoms with Gasteiger partial charge in [0.2, 0.25) is 5.91 Å². The molecule has 0 saturated carbocycles. The lowest BCUT2D eigenvalue weighted by molar-refractivity contribution is -0.384. The second kappa shape index (κ2) is 9.41. The number of allylic oxidation sites excluding steroid dienone is 1. The highest BCUT2D eigenvalue weighted by Gasteiger charge is 2.53. The van der Waals surface area contributed by atoms with E-state index in [0.29, 0.717) is 5.56 Å². The van der Waals surface area contributed by atoms with Crippen LogP contribution in [0.5, 0.6) is 0 Å². The van der Waals surface area contributed by atoms with E-state index in [1.54, 1.807) is 6.26 Å². The first-order valence-corrected chi connectivity index (χ1v) is 9.82. The molecular formula is C18H20N2O8S. The molecule has 1 fully saturated rings. The van der Waals surface area contributed by atoms with Crippen LogP contribution in [0.25, 0.3) is 0 Å². The van der Waals surface area contributed by atoms with Gasteiger partial charge in [-0.15, -0.1) is 11.8 Å². The zero-order chi connectivity index (χ0) is 21.7. The van der Waals surface area contributed by atoms with Gasteiger partial charge < -0.3 is 14.6 Å². The number of carbonyl (C=O) groups excluding carboxylic acids is 2. The van der Waals surface area contributed by atoms with E-state index in [0.717, 1.165) is 0 Å². The molecule has 156 valence electrons. The molecule has 0 aliphatic carbocycles. The van der Waals surface area contributed by atoms with E-state index < -0.39 is 40.4 Å². The van der Waals surface area contributed by atoms with Gasteiger partial charge in [-0.25, -0.2) is 9.59 Å². The third-order valence-corrected chi connectivity index (χ3v) is 5.36. The molecule has 3 atom stereocenters. The third kappa shape index (κ3) is 4.86. The molecule has 1 amide bonds. The monoisotopic (exact) mass is 424 g/mol. The topological polar surface area (TPSA) is 136 Å². The summed E-state index contributed by atoms with van der Waals surface area (Å²) in [5.41, 5.74) is 0.328. The van der Waals surface area contributed by atoms with Crippen molar-refractivity contribution in [1.29, 1.82) is 0 Å². The number of carboxylic acids is 1. The fourth-order valence-corrected chi connectivity index (χ4v) is 3.97. The number of benzene rings is 1. The first-order valence-electron chi connectivity index (χ1n) is 8.53. The standard InChI is InChI=1S/C18H20N2O8S/c1-4-13(17(22)23)19-15(21)14(16(19)29-3)10(2)28-18(24)27-9-11-5-7-12(8-6-11)20(25)26/h4-8,10,14,16H,9H2,1-3H3,(H,22,23)/t10?,14-,16+/m0/s1. The molecule has 1 aromatic carbocycles. The number of carbonyl (C=O) groups is 3. The number of thioether (sulfide) groups is 1.